The van der Waals surface area contributed by atoms with Crippen LogP contribution >= 0.6 is 0 Å². The second-order valence-corrected chi connectivity index (χ2v) is 4.98. The highest BCUT2D eigenvalue weighted by Gasteiger charge is 2.17. The van der Waals surface area contributed by atoms with E-state index in [4.69, 9.17) is 4.52 Å². The molecule has 1 aliphatic rings. The molecule has 90 valence electrons. The number of nitrogens with zero attached hydrogens (tertiary/aromatic N) is 1. The van der Waals surface area contributed by atoms with Gasteiger partial charge in [-0.3, -0.25) is 0 Å². The van der Waals surface area contributed by atoms with Crippen molar-refractivity contribution in [3.05, 3.63) is 29.5 Å². The van der Waals surface area contributed by atoms with Crippen LogP contribution in [-0.4, -0.2) is 17.7 Å². The molecule has 1 aliphatic heterocycles. The van der Waals surface area contributed by atoms with Crippen LogP contribution in [0.5, 0.6) is 0 Å². The van der Waals surface area contributed by atoms with Crippen LogP contribution in [0.25, 0.3) is 11.0 Å². The fourth-order valence-electron chi connectivity index (χ4n) is 2.58. The summed E-state index contributed by atoms with van der Waals surface area (Å²) in [4.78, 5) is 0. The van der Waals surface area contributed by atoms with Gasteiger partial charge >= 0.3 is 0 Å². The highest BCUT2D eigenvalue weighted by Crippen LogP contribution is 2.22. The Morgan fingerprint density at radius 3 is 3.18 bits per heavy atom. The van der Waals surface area contributed by atoms with E-state index in [1.165, 1.54) is 30.2 Å². The summed E-state index contributed by atoms with van der Waals surface area (Å²) in [5.41, 5.74) is 3.27. The minimum Gasteiger partial charge on any atom is -0.356 e. The maximum absolute atomic E-state index is 5.37. The number of aryl methyl sites for hydroxylation is 1. The molecule has 3 nitrogen and oxygen atoms in total. The van der Waals surface area contributed by atoms with Gasteiger partial charge in [0.25, 0.3) is 0 Å². The molecule has 3 heteroatoms. The van der Waals surface area contributed by atoms with Crippen molar-refractivity contribution in [1.82, 2.24) is 10.5 Å². The van der Waals surface area contributed by atoms with Crippen molar-refractivity contribution in [2.45, 2.75) is 38.6 Å². The molecule has 1 aromatic carbocycles. The Hall–Kier alpha value is -1.35. The van der Waals surface area contributed by atoms with Crippen molar-refractivity contribution < 1.29 is 4.52 Å². The Morgan fingerprint density at radius 1 is 1.41 bits per heavy atom. The molecule has 0 saturated carbocycles. The van der Waals surface area contributed by atoms with Gasteiger partial charge in [-0.1, -0.05) is 23.2 Å². The fourth-order valence-corrected chi connectivity index (χ4v) is 2.58. The van der Waals surface area contributed by atoms with Crippen LogP contribution in [0, 0.1) is 6.92 Å². The average molecular weight is 230 g/mol. The highest BCUT2D eigenvalue weighted by atomic mass is 16.5. The molecule has 1 atom stereocenters. The molecule has 0 radical (unpaired) electrons. The van der Waals surface area contributed by atoms with Crippen molar-refractivity contribution in [3.8, 4) is 0 Å². The SMILES string of the molecule is Cc1ccc2onc(CC3CCCCN3)c2c1. The molecule has 2 aromatic rings. The molecule has 3 rings (SSSR count). The van der Waals surface area contributed by atoms with Crippen LogP contribution in [-0.2, 0) is 6.42 Å². The zero-order chi connectivity index (χ0) is 11.7. The Morgan fingerprint density at radius 2 is 2.35 bits per heavy atom. The van der Waals surface area contributed by atoms with E-state index in [0.717, 1.165) is 24.2 Å². The normalized spacial score (nSPS) is 20.9. The first-order valence-corrected chi connectivity index (χ1v) is 6.41. The summed E-state index contributed by atoms with van der Waals surface area (Å²) in [7, 11) is 0. The second kappa shape index (κ2) is 4.49. The van der Waals surface area contributed by atoms with Crippen molar-refractivity contribution in [2.24, 2.45) is 0 Å². The number of fused-ring (bicyclic) bond motifs is 1. The summed E-state index contributed by atoms with van der Waals surface area (Å²) in [6, 6.07) is 6.81. The average Bonchev–Trinajstić information content (AvgIpc) is 2.73. The molecule has 2 heterocycles. The van der Waals surface area contributed by atoms with E-state index in [2.05, 4.69) is 29.5 Å². The molecule has 1 fully saturated rings. The molecule has 0 aliphatic carbocycles. The lowest BCUT2D eigenvalue weighted by Crippen LogP contribution is -2.35. The first-order chi connectivity index (χ1) is 8.33. The zero-order valence-electron chi connectivity index (χ0n) is 10.2. The third-order valence-corrected chi connectivity index (χ3v) is 3.55. The van der Waals surface area contributed by atoms with E-state index >= 15 is 0 Å². The number of benzene rings is 1. The Kier molecular flexibility index (Phi) is 2.85. The monoisotopic (exact) mass is 230 g/mol. The van der Waals surface area contributed by atoms with E-state index < -0.39 is 0 Å². The number of rotatable bonds is 2. The maximum Gasteiger partial charge on any atom is 0.167 e. The molecule has 0 bridgehead atoms. The van der Waals surface area contributed by atoms with Gasteiger partial charge < -0.3 is 9.84 Å². The predicted molar refractivity (Wildman–Crippen MR) is 68.1 cm³/mol. The molecule has 1 aromatic heterocycles. The zero-order valence-corrected chi connectivity index (χ0v) is 10.2. The lowest BCUT2D eigenvalue weighted by Gasteiger charge is -2.22. The van der Waals surface area contributed by atoms with Crippen LogP contribution in [0.1, 0.15) is 30.5 Å². The topological polar surface area (TPSA) is 38.1 Å². The number of hydrogen-bond donors (Lipinski definition) is 1. The standard InChI is InChI=1S/C14H18N2O/c1-10-5-6-14-12(8-10)13(16-17-14)9-11-4-2-3-7-15-11/h5-6,8,11,15H,2-4,7,9H2,1H3. The Balaban J connectivity index is 1.86. The van der Waals surface area contributed by atoms with E-state index in [1.54, 1.807) is 0 Å². The number of nitrogens with one attached hydrogen (secondary N) is 1. The molecule has 1 N–H and O–H groups in total. The highest BCUT2D eigenvalue weighted by molar-refractivity contribution is 5.80. The molecular weight excluding hydrogens is 212 g/mol. The predicted octanol–water partition coefficient (Wildman–Crippen LogP) is 2.82. The summed E-state index contributed by atoms with van der Waals surface area (Å²) >= 11 is 0. The van der Waals surface area contributed by atoms with Crippen LogP contribution < -0.4 is 5.32 Å². The van der Waals surface area contributed by atoms with Gasteiger partial charge in [-0.15, -0.1) is 0 Å². The van der Waals surface area contributed by atoms with Gasteiger partial charge in [0, 0.05) is 17.8 Å². The van der Waals surface area contributed by atoms with Gasteiger partial charge in [0.2, 0.25) is 0 Å². The summed E-state index contributed by atoms with van der Waals surface area (Å²) in [5.74, 6) is 0. The van der Waals surface area contributed by atoms with Crippen molar-refractivity contribution in [3.63, 3.8) is 0 Å². The van der Waals surface area contributed by atoms with E-state index in [1.807, 2.05) is 6.07 Å². The molecule has 1 unspecified atom stereocenters. The summed E-state index contributed by atoms with van der Waals surface area (Å²) in [6.07, 6.45) is 4.86. The third kappa shape index (κ3) is 2.20. The van der Waals surface area contributed by atoms with Gasteiger partial charge in [0.1, 0.15) is 0 Å². The summed E-state index contributed by atoms with van der Waals surface area (Å²) in [6.45, 7) is 3.24. The van der Waals surface area contributed by atoms with Crippen LogP contribution in [0.4, 0.5) is 0 Å². The van der Waals surface area contributed by atoms with Crippen molar-refractivity contribution in [1.29, 1.82) is 0 Å². The first-order valence-electron chi connectivity index (χ1n) is 6.41. The van der Waals surface area contributed by atoms with Gasteiger partial charge in [-0.05, 0) is 38.4 Å². The lowest BCUT2D eigenvalue weighted by atomic mass is 9.99. The van der Waals surface area contributed by atoms with Crippen LogP contribution in [0.3, 0.4) is 0 Å². The molecule has 0 spiro atoms. The molecular formula is C14H18N2O. The minimum atomic E-state index is 0.567. The summed E-state index contributed by atoms with van der Waals surface area (Å²) in [5, 5.41) is 8.95. The Labute approximate surface area is 101 Å². The van der Waals surface area contributed by atoms with E-state index in [9.17, 15) is 0 Å². The quantitative estimate of drug-likeness (QED) is 0.862. The minimum absolute atomic E-state index is 0.567. The lowest BCUT2D eigenvalue weighted by molar-refractivity contribution is 0.384. The maximum atomic E-state index is 5.37. The van der Waals surface area contributed by atoms with E-state index in [-0.39, 0.29) is 0 Å². The first kappa shape index (κ1) is 10.8. The molecule has 17 heavy (non-hydrogen) atoms. The Bertz CT molecular complexity index is 512. The summed E-state index contributed by atoms with van der Waals surface area (Å²) < 4.78 is 5.37. The smallest absolute Gasteiger partial charge is 0.167 e. The largest absolute Gasteiger partial charge is 0.356 e. The van der Waals surface area contributed by atoms with Gasteiger partial charge in [0.15, 0.2) is 5.58 Å². The van der Waals surface area contributed by atoms with Crippen LogP contribution in [0.15, 0.2) is 22.7 Å². The van der Waals surface area contributed by atoms with Crippen LogP contribution in [0.2, 0.25) is 0 Å². The van der Waals surface area contributed by atoms with E-state index in [0.29, 0.717) is 6.04 Å². The van der Waals surface area contributed by atoms with Crippen molar-refractivity contribution >= 4 is 11.0 Å². The second-order valence-electron chi connectivity index (χ2n) is 4.98. The number of piperidine rings is 1. The van der Waals surface area contributed by atoms with Gasteiger partial charge in [0.05, 0.1) is 5.69 Å². The number of aromatic nitrogens is 1. The van der Waals surface area contributed by atoms with Gasteiger partial charge in [-0.2, -0.15) is 0 Å². The molecule has 1 saturated heterocycles. The van der Waals surface area contributed by atoms with Gasteiger partial charge in [-0.25, -0.2) is 0 Å². The third-order valence-electron chi connectivity index (χ3n) is 3.55. The number of hydrogen-bond acceptors (Lipinski definition) is 3. The molecule has 0 amide bonds. The fraction of sp³-hybridized carbons (Fsp3) is 0.500. The van der Waals surface area contributed by atoms with Crippen molar-refractivity contribution in [2.75, 3.05) is 6.54 Å².